The van der Waals surface area contributed by atoms with Gasteiger partial charge in [0.1, 0.15) is 5.76 Å². The molecule has 0 unspecified atom stereocenters. The molecule has 0 amide bonds. The van der Waals surface area contributed by atoms with Gasteiger partial charge in [-0.1, -0.05) is 25.7 Å². The zero-order valence-corrected chi connectivity index (χ0v) is 16.0. The van der Waals surface area contributed by atoms with E-state index >= 15 is 0 Å². The number of aliphatic carboxylic acids is 1. The van der Waals surface area contributed by atoms with E-state index in [2.05, 4.69) is 0 Å². The van der Waals surface area contributed by atoms with Crippen molar-refractivity contribution in [2.75, 3.05) is 13.2 Å². The maximum atomic E-state index is 11.1. The van der Waals surface area contributed by atoms with Crippen molar-refractivity contribution in [3.8, 4) is 0 Å². The second-order valence-corrected chi connectivity index (χ2v) is 7.87. The predicted molar refractivity (Wildman–Crippen MR) is 96.1 cm³/mol. The summed E-state index contributed by atoms with van der Waals surface area (Å²) in [4.78, 5) is 15.9. The van der Waals surface area contributed by atoms with Crippen molar-refractivity contribution < 1.29 is 23.8 Å². The number of aromatic nitrogens is 1. The van der Waals surface area contributed by atoms with Gasteiger partial charge in [0.2, 0.25) is 0 Å². The third-order valence-corrected chi connectivity index (χ3v) is 5.72. The van der Waals surface area contributed by atoms with Crippen molar-refractivity contribution in [1.82, 2.24) is 4.98 Å². The standard InChI is InChI=1S/C20H31NO5/c1-14-17(21-18(26-14)16-9-4-3-5-10-16)11-7-6-8-15-12-24-20(2,19(22)23)25-13-15/h15-16H,3-13H2,1-2H3,(H,22,23). The fourth-order valence-corrected chi connectivity index (χ4v) is 3.87. The van der Waals surface area contributed by atoms with Crippen LogP contribution in [0.25, 0.3) is 0 Å². The van der Waals surface area contributed by atoms with E-state index in [9.17, 15) is 4.79 Å². The third kappa shape index (κ3) is 4.65. The number of carboxylic acids is 1. The number of ether oxygens (including phenoxy) is 2. The summed E-state index contributed by atoms with van der Waals surface area (Å²) in [5, 5.41) is 9.08. The average Bonchev–Trinajstić information content (AvgIpc) is 3.02. The Morgan fingerprint density at radius 2 is 1.88 bits per heavy atom. The quantitative estimate of drug-likeness (QED) is 0.729. The molecule has 2 heterocycles. The minimum absolute atomic E-state index is 0.263. The van der Waals surface area contributed by atoms with E-state index in [0.717, 1.165) is 43.0 Å². The van der Waals surface area contributed by atoms with Crippen LogP contribution in [-0.2, 0) is 20.7 Å². The van der Waals surface area contributed by atoms with Gasteiger partial charge in [-0.2, -0.15) is 0 Å². The lowest BCUT2D eigenvalue weighted by Gasteiger charge is -2.34. The molecule has 0 spiro atoms. The number of hydrogen-bond acceptors (Lipinski definition) is 5. The van der Waals surface area contributed by atoms with Crippen molar-refractivity contribution >= 4 is 5.97 Å². The molecule has 146 valence electrons. The first kappa shape index (κ1) is 19.4. The summed E-state index contributed by atoms with van der Waals surface area (Å²) in [7, 11) is 0. The smallest absolute Gasteiger partial charge is 0.364 e. The van der Waals surface area contributed by atoms with Gasteiger partial charge in [0.25, 0.3) is 5.79 Å². The molecule has 1 aromatic rings. The first-order valence-corrected chi connectivity index (χ1v) is 9.95. The monoisotopic (exact) mass is 365 g/mol. The molecule has 6 heteroatoms. The fraction of sp³-hybridized carbons (Fsp3) is 0.800. The topological polar surface area (TPSA) is 81.8 Å². The summed E-state index contributed by atoms with van der Waals surface area (Å²) < 4.78 is 16.7. The van der Waals surface area contributed by atoms with E-state index in [0.29, 0.717) is 19.1 Å². The van der Waals surface area contributed by atoms with Crippen LogP contribution < -0.4 is 0 Å². The highest BCUT2D eigenvalue weighted by atomic mass is 16.7. The van der Waals surface area contributed by atoms with E-state index < -0.39 is 11.8 Å². The van der Waals surface area contributed by atoms with E-state index in [4.69, 9.17) is 24.0 Å². The number of oxazole rings is 1. The molecule has 2 fully saturated rings. The lowest BCUT2D eigenvalue weighted by atomic mass is 9.89. The van der Waals surface area contributed by atoms with Crippen LogP contribution in [-0.4, -0.2) is 35.1 Å². The van der Waals surface area contributed by atoms with Gasteiger partial charge < -0.3 is 19.0 Å². The summed E-state index contributed by atoms with van der Waals surface area (Å²) in [6.45, 7) is 4.36. The SMILES string of the molecule is Cc1oc(C2CCCCC2)nc1CCCCC1COC(C)(C(=O)O)OC1. The highest BCUT2D eigenvalue weighted by molar-refractivity contribution is 5.75. The maximum Gasteiger partial charge on any atom is 0.364 e. The van der Waals surface area contributed by atoms with Crippen LogP contribution in [0.5, 0.6) is 0 Å². The molecular weight excluding hydrogens is 334 g/mol. The van der Waals surface area contributed by atoms with Gasteiger partial charge in [-0.05, 0) is 39.0 Å². The lowest BCUT2D eigenvalue weighted by Crippen LogP contribution is -2.47. The molecule has 0 aromatic carbocycles. The molecule has 1 saturated heterocycles. The zero-order valence-electron chi connectivity index (χ0n) is 16.0. The number of carbonyl (C=O) groups is 1. The Morgan fingerprint density at radius 1 is 1.19 bits per heavy atom. The Hall–Kier alpha value is -1.40. The highest BCUT2D eigenvalue weighted by Crippen LogP contribution is 2.33. The number of hydrogen-bond donors (Lipinski definition) is 1. The van der Waals surface area contributed by atoms with Crippen molar-refractivity contribution in [2.24, 2.45) is 5.92 Å². The van der Waals surface area contributed by atoms with Crippen LogP contribution in [0.1, 0.15) is 81.6 Å². The highest BCUT2D eigenvalue weighted by Gasteiger charge is 2.40. The van der Waals surface area contributed by atoms with Gasteiger partial charge in [0, 0.05) is 18.8 Å². The molecule has 0 bridgehead atoms. The van der Waals surface area contributed by atoms with Crippen molar-refractivity contribution in [3.05, 3.63) is 17.3 Å². The average molecular weight is 365 g/mol. The largest absolute Gasteiger partial charge is 0.477 e. The van der Waals surface area contributed by atoms with Crippen LogP contribution >= 0.6 is 0 Å². The molecule has 26 heavy (non-hydrogen) atoms. The summed E-state index contributed by atoms with van der Waals surface area (Å²) >= 11 is 0. The Kier molecular flexibility index (Phi) is 6.35. The Morgan fingerprint density at radius 3 is 2.54 bits per heavy atom. The molecule has 1 aliphatic carbocycles. The normalized spacial score (nSPS) is 27.5. The van der Waals surface area contributed by atoms with E-state index in [1.807, 2.05) is 6.92 Å². The zero-order chi connectivity index (χ0) is 18.6. The molecule has 1 N–H and O–H groups in total. The second kappa shape index (κ2) is 8.53. The first-order valence-electron chi connectivity index (χ1n) is 9.95. The first-order chi connectivity index (χ1) is 12.5. The van der Waals surface area contributed by atoms with Gasteiger partial charge >= 0.3 is 5.97 Å². The molecule has 2 aliphatic rings. The molecule has 6 nitrogen and oxygen atoms in total. The summed E-state index contributed by atoms with van der Waals surface area (Å²) in [6.07, 6.45) is 10.3. The number of aryl methyl sites for hydroxylation is 2. The molecule has 0 atom stereocenters. The Balaban J connectivity index is 1.39. The fourth-order valence-electron chi connectivity index (χ4n) is 3.87. The summed E-state index contributed by atoms with van der Waals surface area (Å²) in [5.74, 6) is 0.136. The predicted octanol–water partition coefficient (Wildman–Crippen LogP) is 4.21. The number of carboxylic acid groups (broad SMARTS) is 1. The van der Waals surface area contributed by atoms with Crippen LogP contribution in [0.4, 0.5) is 0 Å². The van der Waals surface area contributed by atoms with Gasteiger partial charge in [-0.25, -0.2) is 9.78 Å². The summed E-state index contributed by atoms with van der Waals surface area (Å²) in [5.41, 5.74) is 1.10. The minimum atomic E-state index is -1.48. The summed E-state index contributed by atoms with van der Waals surface area (Å²) in [6, 6.07) is 0. The molecular formula is C20H31NO5. The lowest BCUT2D eigenvalue weighted by molar-refractivity contribution is -0.271. The third-order valence-electron chi connectivity index (χ3n) is 5.72. The van der Waals surface area contributed by atoms with E-state index in [-0.39, 0.29) is 5.92 Å². The van der Waals surface area contributed by atoms with Crippen LogP contribution in [0.3, 0.4) is 0 Å². The molecule has 1 aromatic heterocycles. The van der Waals surface area contributed by atoms with Gasteiger partial charge in [-0.3, -0.25) is 0 Å². The number of nitrogens with zero attached hydrogens (tertiary/aromatic N) is 1. The number of unbranched alkanes of at least 4 members (excludes halogenated alkanes) is 1. The van der Waals surface area contributed by atoms with Crippen LogP contribution in [0, 0.1) is 12.8 Å². The number of rotatable bonds is 7. The Labute approximate surface area is 155 Å². The molecule has 0 radical (unpaired) electrons. The molecule has 1 saturated carbocycles. The second-order valence-electron chi connectivity index (χ2n) is 7.87. The molecule has 3 rings (SSSR count). The van der Waals surface area contributed by atoms with Gasteiger partial charge in [-0.15, -0.1) is 0 Å². The van der Waals surface area contributed by atoms with Crippen molar-refractivity contribution in [1.29, 1.82) is 0 Å². The van der Waals surface area contributed by atoms with Gasteiger partial charge in [0.05, 0.1) is 18.9 Å². The van der Waals surface area contributed by atoms with Crippen LogP contribution in [0.15, 0.2) is 4.42 Å². The van der Waals surface area contributed by atoms with Crippen molar-refractivity contribution in [2.45, 2.75) is 83.3 Å². The van der Waals surface area contributed by atoms with E-state index in [1.165, 1.54) is 39.0 Å². The minimum Gasteiger partial charge on any atom is -0.477 e. The van der Waals surface area contributed by atoms with E-state index in [1.54, 1.807) is 0 Å². The van der Waals surface area contributed by atoms with Gasteiger partial charge in [0.15, 0.2) is 5.89 Å². The van der Waals surface area contributed by atoms with Crippen molar-refractivity contribution in [3.63, 3.8) is 0 Å². The van der Waals surface area contributed by atoms with Crippen LogP contribution in [0.2, 0.25) is 0 Å². The molecule has 1 aliphatic heterocycles. The Bertz CT molecular complexity index is 597. The maximum absolute atomic E-state index is 11.1.